The Balaban J connectivity index is 1.80. The van der Waals surface area contributed by atoms with E-state index in [1.807, 2.05) is 30.3 Å². The fourth-order valence-corrected chi connectivity index (χ4v) is 2.12. The molecule has 1 aliphatic rings. The summed E-state index contributed by atoms with van der Waals surface area (Å²) in [6.45, 7) is 0.741. The summed E-state index contributed by atoms with van der Waals surface area (Å²) in [4.78, 5) is 16.6. The molecule has 1 amide bonds. The number of carbonyl (C=O) groups excluding carboxylic acids is 1. The summed E-state index contributed by atoms with van der Waals surface area (Å²) in [6, 6.07) is 8.93. The van der Waals surface area contributed by atoms with Crippen molar-refractivity contribution in [2.75, 3.05) is 20.2 Å². The van der Waals surface area contributed by atoms with Crippen molar-refractivity contribution in [1.29, 1.82) is 0 Å². The van der Waals surface area contributed by atoms with Crippen LogP contribution in [0, 0.1) is 0 Å². The van der Waals surface area contributed by atoms with E-state index in [1.54, 1.807) is 0 Å². The average Bonchev–Trinajstić information content (AvgIpc) is 2.94. The molecule has 1 aromatic carbocycles. The Morgan fingerprint density at radius 2 is 2.30 bits per heavy atom. The molecule has 1 fully saturated rings. The maximum absolute atomic E-state index is 12.0. The Morgan fingerprint density at radius 1 is 1.55 bits per heavy atom. The molecule has 0 aromatic heterocycles. The molecule has 0 aliphatic carbocycles. The predicted octanol–water partition coefficient (Wildman–Crippen LogP) is 0.201. The monoisotopic (exact) mass is 277 g/mol. The highest BCUT2D eigenvalue weighted by molar-refractivity contribution is 5.96. The van der Waals surface area contributed by atoms with Crippen molar-refractivity contribution in [1.82, 2.24) is 10.6 Å². The molecule has 1 aliphatic heterocycles. The lowest BCUT2D eigenvalue weighted by molar-refractivity contribution is -0.123. The topological polar surface area (TPSA) is 83.0 Å². The Bertz CT molecular complexity index is 476. The fraction of sp³-hybridized carbons (Fsp3) is 0.429. The van der Waals surface area contributed by atoms with E-state index in [0.717, 1.165) is 11.3 Å². The normalized spacial score (nSPS) is 21.7. The number of nitrogens with one attached hydrogen (secondary N) is 2. The van der Waals surface area contributed by atoms with Gasteiger partial charge in [-0.3, -0.25) is 4.79 Å². The van der Waals surface area contributed by atoms with Crippen LogP contribution in [0.4, 0.5) is 0 Å². The quantitative estimate of drug-likeness (QED) is 0.671. The van der Waals surface area contributed by atoms with Gasteiger partial charge in [-0.2, -0.15) is 0 Å². The van der Waals surface area contributed by atoms with E-state index in [0.29, 0.717) is 13.0 Å². The molecule has 1 unspecified atom stereocenters. The Hall–Kier alpha value is -1.92. The third-order valence-corrected chi connectivity index (χ3v) is 3.18. The lowest BCUT2D eigenvalue weighted by Gasteiger charge is -2.14. The molecule has 20 heavy (non-hydrogen) atoms. The van der Waals surface area contributed by atoms with Gasteiger partial charge in [0.2, 0.25) is 5.91 Å². The number of benzene rings is 1. The smallest absolute Gasteiger partial charge is 0.237 e. The lowest BCUT2D eigenvalue weighted by Crippen LogP contribution is -2.41. The second kappa shape index (κ2) is 7.02. The van der Waals surface area contributed by atoms with Crippen molar-refractivity contribution in [3.05, 3.63) is 35.9 Å². The molecule has 108 valence electrons. The summed E-state index contributed by atoms with van der Waals surface area (Å²) in [5.41, 5.74) is 1.60. The van der Waals surface area contributed by atoms with E-state index < -0.39 is 6.10 Å². The molecule has 0 saturated carbocycles. The number of hydrogen-bond acceptors (Lipinski definition) is 5. The highest BCUT2D eigenvalue weighted by Crippen LogP contribution is 2.11. The second-order valence-electron chi connectivity index (χ2n) is 4.65. The van der Waals surface area contributed by atoms with Gasteiger partial charge >= 0.3 is 0 Å². The third-order valence-electron chi connectivity index (χ3n) is 3.18. The van der Waals surface area contributed by atoms with E-state index >= 15 is 0 Å². The molecule has 6 heteroatoms. The number of nitrogens with zero attached hydrogens (tertiary/aromatic N) is 1. The molecule has 2 atom stereocenters. The van der Waals surface area contributed by atoms with E-state index in [2.05, 4.69) is 20.6 Å². The van der Waals surface area contributed by atoms with Gasteiger partial charge in [0.1, 0.15) is 7.11 Å². The summed E-state index contributed by atoms with van der Waals surface area (Å²) in [6.07, 6.45) is -0.171. The van der Waals surface area contributed by atoms with Gasteiger partial charge in [0.15, 0.2) is 0 Å². The molecule has 0 radical (unpaired) electrons. The van der Waals surface area contributed by atoms with Crippen LogP contribution in [0.2, 0.25) is 0 Å². The molecule has 1 heterocycles. The number of hydrogen-bond donors (Lipinski definition) is 3. The van der Waals surface area contributed by atoms with Crippen LogP contribution in [-0.4, -0.2) is 43.0 Å². The van der Waals surface area contributed by atoms with Crippen molar-refractivity contribution in [2.45, 2.75) is 18.6 Å². The van der Waals surface area contributed by atoms with Crippen LogP contribution in [-0.2, 0) is 9.63 Å². The van der Waals surface area contributed by atoms with Gasteiger partial charge in [0, 0.05) is 19.5 Å². The maximum atomic E-state index is 12.0. The number of aliphatic hydroxyl groups excluding tert-OH is 1. The molecule has 0 bridgehead atoms. The van der Waals surface area contributed by atoms with Crippen molar-refractivity contribution >= 4 is 11.6 Å². The van der Waals surface area contributed by atoms with E-state index in [4.69, 9.17) is 0 Å². The summed E-state index contributed by atoms with van der Waals surface area (Å²) in [7, 11) is 1.48. The van der Waals surface area contributed by atoms with Gasteiger partial charge in [-0.25, -0.2) is 0 Å². The molecule has 1 aromatic rings. The minimum atomic E-state index is -0.700. The molecule has 6 nitrogen and oxygen atoms in total. The van der Waals surface area contributed by atoms with Crippen LogP contribution in [0.15, 0.2) is 35.5 Å². The summed E-state index contributed by atoms with van der Waals surface area (Å²) in [5.74, 6) is -0.138. The average molecular weight is 277 g/mol. The van der Waals surface area contributed by atoms with Crippen LogP contribution >= 0.6 is 0 Å². The first-order valence-corrected chi connectivity index (χ1v) is 6.53. The number of rotatable bonds is 5. The number of aliphatic hydroxyl groups is 1. The van der Waals surface area contributed by atoms with Gasteiger partial charge in [0.25, 0.3) is 0 Å². The first-order valence-electron chi connectivity index (χ1n) is 6.53. The highest BCUT2D eigenvalue weighted by Gasteiger charge is 2.27. The summed E-state index contributed by atoms with van der Waals surface area (Å²) < 4.78 is 0. The zero-order valence-electron chi connectivity index (χ0n) is 11.4. The molecular formula is C14H19N3O3. The number of carbonyl (C=O) groups is 1. The Kier molecular flexibility index (Phi) is 5.09. The Morgan fingerprint density at radius 3 is 3.00 bits per heavy atom. The largest absolute Gasteiger partial charge is 0.399 e. The third kappa shape index (κ3) is 3.79. The highest BCUT2D eigenvalue weighted by atomic mass is 16.6. The van der Waals surface area contributed by atoms with Crippen molar-refractivity contribution in [3.63, 3.8) is 0 Å². The number of amides is 1. The van der Waals surface area contributed by atoms with Crippen LogP contribution < -0.4 is 10.6 Å². The van der Waals surface area contributed by atoms with Gasteiger partial charge in [-0.1, -0.05) is 35.5 Å². The van der Waals surface area contributed by atoms with Crippen molar-refractivity contribution in [3.8, 4) is 0 Å². The van der Waals surface area contributed by atoms with Gasteiger partial charge < -0.3 is 20.6 Å². The first kappa shape index (κ1) is 14.5. The molecule has 3 N–H and O–H groups in total. The molecule has 0 spiro atoms. The summed E-state index contributed by atoms with van der Waals surface area (Å²) >= 11 is 0. The number of oxime groups is 1. The van der Waals surface area contributed by atoms with Crippen LogP contribution in [0.1, 0.15) is 18.1 Å². The second-order valence-corrected chi connectivity index (χ2v) is 4.65. The van der Waals surface area contributed by atoms with Crippen LogP contribution in [0.3, 0.4) is 0 Å². The molecule has 1 saturated heterocycles. The molecule has 2 rings (SSSR count). The van der Waals surface area contributed by atoms with Gasteiger partial charge in [-0.05, 0) is 5.56 Å². The zero-order chi connectivity index (χ0) is 14.4. The van der Waals surface area contributed by atoms with E-state index in [1.165, 1.54) is 7.11 Å². The minimum Gasteiger partial charge on any atom is -0.399 e. The van der Waals surface area contributed by atoms with Gasteiger partial charge in [0.05, 0.1) is 17.9 Å². The van der Waals surface area contributed by atoms with Crippen LogP contribution in [0.25, 0.3) is 0 Å². The lowest BCUT2D eigenvalue weighted by atomic mass is 10.1. The van der Waals surface area contributed by atoms with Crippen molar-refractivity contribution in [2.24, 2.45) is 5.16 Å². The minimum absolute atomic E-state index is 0.138. The van der Waals surface area contributed by atoms with Gasteiger partial charge in [-0.15, -0.1) is 0 Å². The van der Waals surface area contributed by atoms with Crippen LogP contribution in [0.5, 0.6) is 0 Å². The maximum Gasteiger partial charge on any atom is 0.237 e. The van der Waals surface area contributed by atoms with Crippen molar-refractivity contribution < 1.29 is 14.7 Å². The summed E-state index contributed by atoms with van der Waals surface area (Å²) in [5, 5.41) is 19.6. The first-order chi connectivity index (χ1) is 9.70. The predicted molar refractivity (Wildman–Crippen MR) is 75.3 cm³/mol. The fourth-order valence-electron chi connectivity index (χ4n) is 2.12. The van der Waals surface area contributed by atoms with E-state index in [-0.39, 0.29) is 18.5 Å². The SMILES string of the molecule is CON=C1CNC(C(=O)NC[C@@H](O)c2ccccc2)C1. The standard InChI is InChI=1S/C14H19N3O3/c1-20-17-11-7-12(15-8-11)14(19)16-9-13(18)10-5-3-2-4-6-10/h2-6,12-13,15,18H,7-9H2,1H3,(H,16,19)/t12?,13-/m1/s1. The molecular weight excluding hydrogens is 258 g/mol. The zero-order valence-corrected chi connectivity index (χ0v) is 11.4. The van der Waals surface area contributed by atoms with E-state index in [9.17, 15) is 9.90 Å². The Labute approximate surface area is 117 Å².